The summed E-state index contributed by atoms with van der Waals surface area (Å²) in [6.45, 7) is 0. The first kappa shape index (κ1) is 18.6. The summed E-state index contributed by atoms with van der Waals surface area (Å²) < 4.78 is 56.2. The van der Waals surface area contributed by atoms with Gasteiger partial charge in [0, 0.05) is 27.9 Å². The van der Waals surface area contributed by atoms with Crippen molar-refractivity contribution in [3.8, 4) is 11.4 Å². The summed E-state index contributed by atoms with van der Waals surface area (Å²) in [5, 5.41) is 3.85. The van der Waals surface area contributed by atoms with Crippen molar-refractivity contribution in [1.29, 1.82) is 0 Å². The molecule has 0 aliphatic rings. The maximum Gasteiger partial charge on any atom is 0.471 e. The second kappa shape index (κ2) is 7.02. The van der Waals surface area contributed by atoms with Crippen molar-refractivity contribution < 1.29 is 21.9 Å². The minimum absolute atomic E-state index is 0.164. The summed E-state index contributed by atoms with van der Waals surface area (Å²) in [7, 11) is -1.34. The Kier molecular flexibility index (Phi) is 4.68. The van der Waals surface area contributed by atoms with Gasteiger partial charge in [-0.3, -0.25) is 4.21 Å². The van der Waals surface area contributed by atoms with Gasteiger partial charge in [0.05, 0.1) is 22.2 Å². The van der Waals surface area contributed by atoms with E-state index in [1.54, 1.807) is 40.9 Å². The fraction of sp³-hybridized carbons (Fsp3) is 0.118. The molecule has 0 aliphatic carbocycles. The first-order valence-corrected chi connectivity index (χ1v) is 9.52. The Morgan fingerprint density at radius 2 is 1.96 bits per heavy atom. The molecule has 0 fully saturated rings. The molecular formula is C17H10ClF3N4O2S. The third kappa shape index (κ3) is 3.78. The van der Waals surface area contributed by atoms with E-state index in [1.807, 2.05) is 0 Å². The van der Waals surface area contributed by atoms with Crippen LogP contribution in [0.2, 0.25) is 5.02 Å². The van der Waals surface area contributed by atoms with Crippen LogP contribution < -0.4 is 0 Å². The number of rotatable bonds is 4. The van der Waals surface area contributed by atoms with Gasteiger partial charge in [0.15, 0.2) is 0 Å². The number of hydrogen-bond donors (Lipinski definition) is 0. The van der Waals surface area contributed by atoms with Gasteiger partial charge >= 0.3 is 12.1 Å². The smallest absolute Gasteiger partial charge is 0.329 e. The third-order valence-corrected chi connectivity index (χ3v) is 5.34. The maximum absolute atomic E-state index is 12.6. The summed E-state index contributed by atoms with van der Waals surface area (Å²) in [5.74, 6) is -1.43. The molecule has 0 aliphatic heterocycles. The predicted molar refractivity (Wildman–Crippen MR) is 95.1 cm³/mol. The van der Waals surface area contributed by atoms with Crippen LogP contribution in [0.15, 0.2) is 58.2 Å². The zero-order valence-corrected chi connectivity index (χ0v) is 15.4. The molecule has 28 heavy (non-hydrogen) atoms. The highest BCUT2D eigenvalue weighted by Gasteiger charge is 2.38. The Bertz CT molecular complexity index is 1190. The van der Waals surface area contributed by atoms with Crippen LogP contribution in [0.3, 0.4) is 0 Å². The van der Waals surface area contributed by atoms with Crippen molar-refractivity contribution in [2.24, 2.45) is 0 Å². The lowest BCUT2D eigenvalue weighted by Crippen LogP contribution is -2.04. The average Bonchev–Trinajstić information content (AvgIpc) is 3.27. The molecule has 0 N–H and O–H groups in total. The van der Waals surface area contributed by atoms with Gasteiger partial charge in [-0.15, -0.1) is 0 Å². The van der Waals surface area contributed by atoms with Crippen LogP contribution in [0.1, 0.15) is 11.6 Å². The highest BCUT2D eigenvalue weighted by Crippen LogP contribution is 2.29. The van der Waals surface area contributed by atoms with Crippen LogP contribution in [0.4, 0.5) is 13.2 Å². The third-order valence-electron chi connectivity index (χ3n) is 3.77. The highest BCUT2D eigenvalue weighted by atomic mass is 35.5. The van der Waals surface area contributed by atoms with Gasteiger partial charge in [0.2, 0.25) is 5.82 Å². The zero-order chi connectivity index (χ0) is 19.9. The fourth-order valence-corrected chi connectivity index (χ4v) is 3.85. The van der Waals surface area contributed by atoms with Crippen LogP contribution in [0, 0.1) is 0 Å². The number of halogens is 4. The second-order valence-corrected chi connectivity index (χ2v) is 7.67. The largest absolute Gasteiger partial charge is 0.471 e. The molecule has 4 aromatic rings. The van der Waals surface area contributed by atoms with E-state index >= 15 is 0 Å². The van der Waals surface area contributed by atoms with Crippen LogP contribution in [-0.4, -0.2) is 23.7 Å². The van der Waals surface area contributed by atoms with Crippen LogP contribution in [-0.2, 0) is 22.7 Å². The molecule has 0 saturated heterocycles. The van der Waals surface area contributed by atoms with Crippen molar-refractivity contribution in [3.63, 3.8) is 0 Å². The maximum atomic E-state index is 12.6. The van der Waals surface area contributed by atoms with Crippen LogP contribution in [0.25, 0.3) is 17.0 Å². The highest BCUT2D eigenvalue weighted by molar-refractivity contribution is 7.84. The van der Waals surface area contributed by atoms with Crippen LogP contribution in [0.5, 0.6) is 0 Å². The van der Waals surface area contributed by atoms with E-state index in [0.29, 0.717) is 26.8 Å². The normalized spacial score (nSPS) is 13.1. The molecular weight excluding hydrogens is 417 g/mol. The molecule has 0 bridgehead atoms. The molecule has 1 atom stereocenters. The number of alkyl halides is 3. The van der Waals surface area contributed by atoms with Crippen molar-refractivity contribution in [1.82, 2.24) is 19.5 Å². The lowest BCUT2D eigenvalue weighted by molar-refractivity contribution is -0.159. The van der Waals surface area contributed by atoms with Crippen molar-refractivity contribution >= 4 is 28.0 Å². The molecule has 0 amide bonds. The Labute approximate surface area is 163 Å². The molecule has 1 aromatic carbocycles. The lowest BCUT2D eigenvalue weighted by Gasteiger charge is -2.00. The van der Waals surface area contributed by atoms with Gasteiger partial charge in [0.25, 0.3) is 0 Å². The topological polar surface area (TPSA) is 73.3 Å². The molecule has 0 radical (unpaired) electrons. The first-order chi connectivity index (χ1) is 13.3. The van der Waals surface area contributed by atoms with Gasteiger partial charge in [0.1, 0.15) is 5.65 Å². The van der Waals surface area contributed by atoms with E-state index in [2.05, 4.69) is 19.6 Å². The molecule has 1 unspecified atom stereocenters. The molecule has 0 saturated carbocycles. The molecule has 6 nitrogen and oxygen atoms in total. The number of imidazole rings is 1. The number of hydrogen-bond acceptors (Lipinski definition) is 5. The Hall–Kier alpha value is -2.72. The Balaban J connectivity index is 1.60. The van der Waals surface area contributed by atoms with Gasteiger partial charge in [-0.2, -0.15) is 18.2 Å². The molecule has 144 valence electrons. The quantitative estimate of drug-likeness (QED) is 0.484. The SMILES string of the molecule is O=S(Cc1cn2cc(-c3noc(C(F)(F)F)n3)ccc2n1)c1cccc(Cl)c1. The van der Waals surface area contributed by atoms with Crippen LogP contribution >= 0.6 is 11.6 Å². The summed E-state index contributed by atoms with van der Waals surface area (Å²) >= 11 is 5.92. The number of pyridine rings is 1. The minimum atomic E-state index is -4.71. The standard InChI is InChI=1S/C17H10ClF3N4O2S/c18-11-2-1-3-13(6-11)28(26)9-12-8-25-7-10(4-5-14(25)22-12)15-23-16(27-24-15)17(19,20)21/h1-8H,9H2. The number of aromatic nitrogens is 4. The average molecular weight is 427 g/mol. The fourth-order valence-electron chi connectivity index (χ4n) is 2.53. The Morgan fingerprint density at radius 3 is 2.68 bits per heavy atom. The lowest BCUT2D eigenvalue weighted by atomic mass is 10.3. The summed E-state index contributed by atoms with van der Waals surface area (Å²) in [6, 6.07) is 9.88. The van der Waals surface area contributed by atoms with E-state index in [0.717, 1.165) is 0 Å². The summed E-state index contributed by atoms with van der Waals surface area (Å²) in [4.78, 5) is 8.32. The number of nitrogens with zero attached hydrogens (tertiary/aromatic N) is 4. The van der Waals surface area contributed by atoms with Gasteiger partial charge in [-0.25, -0.2) is 4.98 Å². The summed E-state index contributed by atoms with van der Waals surface area (Å²) in [6.07, 6.45) is -1.53. The Morgan fingerprint density at radius 1 is 1.14 bits per heavy atom. The van der Waals surface area contributed by atoms with Gasteiger partial charge < -0.3 is 8.92 Å². The van der Waals surface area contributed by atoms with Gasteiger partial charge in [-0.1, -0.05) is 22.8 Å². The molecule has 3 heterocycles. The molecule has 0 spiro atoms. The summed E-state index contributed by atoms with van der Waals surface area (Å²) in [5.41, 5.74) is 1.42. The van der Waals surface area contributed by atoms with E-state index in [4.69, 9.17) is 11.6 Å². The van der Waals surface area contributed by atoms with E-state index in [-0.39, 0.29) is 11.6 Å². The minimum Gasteiger partial charge on any atom is -0.329 e. The zero-order valence-electron chi connectivity index (χ0n) is 13.9. The van der Waals surface area contributed by atoms with E-state index in [1.165, 1.54) is 12.3 Å². The van der Waals surface area contributed by atoms with E-state index < -0.39 is 22.9 Å². The van der Waals surface area contributed by atoms with E-state index in [9.17, 15) is 17.4 Å². The van der Waals surface area contributed by atoms with Gasteiger partial charge in [-0.05, 0) is 30.3 Å². The van der Waals surface area contributed by atoms with Crippen molar-refractivity contribution in [3.05, 3.63) is 65.4 Å². The first-order valence-electron chi connectivity index (χ1n) is 7.82. The monoisotopic (exact) mass is 426 g/mol. The van der Waals surface area contributed by atoms with Crippen molar-refractivity contribution in [2.75, 3.05) is 0 Å². The number of benzene rings is 1. The predicted octanol–water partition coefficient (Wildman–Crippen LogP) is 4.36. The van der Waals surface area contributed by atoms with Crippen molar-refractivity contribution in [2.45, 2.75) is 16.8 Å². The molecule has 4 rings (SSSR count). The molecule has 3 aromatic heterocycles. The molecule has 11 heteroatoms. The number of fused-ring (bicyclic) bond motifs is 1. The second-order valence-electron chi connectivity index (χ2n) is 5.78.